The predicted octanol–water partition coefficient (Wildman–Crippen LogP) is 4.21. The van der Waals surface area contributed by atoms with E-state index in [1.807, 2.05) is 0 Å². The van der Waals surface area contributed by atoms with Crippen molar-refractivity contribution in [2.75, 3.05) is 13.7 Å². The van der Waals surface area contributed by atoms with Crippen molar-refractivity contribution >= 4 is 63.1 Å². The fourth-order valence-corrected chi connectivity index (χ4v) is 3.58. The van der Waals surface area contributed by atoms with Gasteiger partial charge in [-0.3, -0.25) is 9.59 Å². The van der Waals surface area contributed by atoms with Crippen molar-refractivity contribution in [2.24, 2.45) is 11.0 Å². The minimum absolute atomic E-state index is 0.186. The number of hydrogen-bond donors (Lipinski definition) is 2. The Kier molecular flexibility index (Phi) is 10.1. The van der Waals surface area contributed by atoms with Gasteiger partial charge in [0, 0.05) is 5.02 Å². The summed E-state index contributed by atoms with van der Waals surface area (Å²) >= 11 is 15.3. The number of carbonyl (C=O) groups excluding carboxylic acids is 3. The number of nitrogens with zero attached hydrogens (tertiary/aromatic N) is 1. The van der Waals surface area contributed by atoms with Crippen LogP contribution in [-0.2, 0) is 14.3 Å². The molecule has 2 aromatic rings. The number of esters is 1. The lowest BCUT2D eigenvalue weighted by Gasteiger charge is -2.20. The van der Waals surface area contributed by atoms with Crippen LogP contribution in [0.5, 0.6) is 5.75 Å². The molecule has 0 aliphatic heterocycles. The Labute approximate surface area is 209 Å². The molecule has 0 spiro atoms. The minimum Gasteiger partial charge on any atom is -0.481 e. The van der Waals surface area contributed by atoms with Crippen LogP contribution in [0.3, 0.4) is 0 Å². The van der Waals surface area contributed by atoms with Gasteiger partial charge < -0.3 is 14.8 Å². The van der Waals surface area contributed by atoms with Crippen molar-refractivity contribution in [3.8, 4) is 5.75 Å². The lowest BCUT2D eigenvalue weighted by atomic mass is 10.0. The maximum absolute atomic E-state index is 12.6. The first-order chi connectivity index (χ1) is 15.6. The molecule has 0 heterocycles. The highest BCUT2D eigenvalue weighted by molar-refractivity contribution is 9.10. The van der Waals surface area contributed by atoms with Crippen molar-refractivity contribution in [1.29, 1.82) is 0 Å². The average molecular weight is 559 g/mol. The van der Waals surface area contributed by atoms with Crippen molar-refractivity contribution in [2.45, 2.75) is 19.9 Å². The zero-order chi connectivity index (χ0) is 24.5. The summed E-state index contributed by atoms with van der Waals surface area (Å²) in [6.07, 6.45) is 1.43. The van der Waals surface area contributed by atoms with Gasteiger partial charge in [-0.25, -0.2) is 10.2 Å². The molecular weight excluding hydrogens is 537 g/mol. The highest BCUT2D eigenvalue weighted by Crippen LogP contribution is 2.25. The number of amides is 2. The van der Waals surface area contributed by atoms with Gasteiger partial charge in [0.1, 0.15) is 11.8 Å². The van der Waals surface area contributed by atoms with Crippen molar-refractivity contribution in [3.63, 3.8) is 0 Å². The number of nitrogens with one attached hydrogen (secondary N) is 2. The SMILES string of the molecule is COC(=O)COc1ccc(C=NNC(=O)C(NC(=O)c2ccc(Cl)cc2Cl)C(C)C)cc1Br. The van der Waals surface area contributed by atoms with E-state index in [0.717, 1.165) is 0 Å². The van der Waals surface area contributed by atoms with Crippen molar-refractivity contribution < 1.29 is 23.9 Å². The van der Waals surface area contributed by atoms with Gasteiger partial charge in [-0.2, -0.15) is 5.10 Å². The van der Waals surface area contributed by atoms with Crippen LogP contribution in [0.4, 0.5) is 0 Å². The lowest BCUT2D eigenvalue weighted by molar-refractivity contribution is -0.142. The molecular formula is C22H22BrCl2N3O5. The first-order valence-corrected chi connectivity index (χ1v) is 11.2. The number of ether oxygens (including phenoxy) is 2. The van der Waals surface area contributed by atoms with E-state index in [4.69, 9.17) is 27.9 Å². The van der Waals surface area contributed by atoms with Crippen LogP contribution in [0.15, 0.2) is 46.0 Å². The molecule has 1 atom stereocenters. The molecule has 2 N–H and O–H groups in total. The number of carbonyl (C=O) groups is 3. The van der Waals surface area contributed by atoms with Crippen LogP contribution >= 0.6 is 39.1 Å². The summed E-state index contributed by atoms with van der Waals surface area (Å²) in [6.45, 7) is 3.37. The number of halogens is 3. The third-order valence-corrected chi connectivity index (χ3v) is 5.50. The molecule has 2 rings (SSSR count). The maximum Gasteiger partial charge on any atom is 0.343 e. The molecule has 176 valence electrons. The molecule has 8 nitrogen and oxygen atoms in total. The number of benzene rings is 2. The smallest absolute Gasteiger partial charge is 0.343 e. The summed E-state index contributed by atoms with van der Waals surface area (Å²) in [5, 5.41) is 7.22. The van der Waals surface area contributed by atoms with E-state index in [0.29, 0.717) is 20.8 Å². The van der Waals surface area contributed by atoms with Gasteiger partial charge in [0.15, 0.2) is 6.61 Å². The van der Waals surface area contributed by atoms with Crippen LogP contribution in [-0.4, -0.2) is 43.8 Å². The molecule has 0 bridgehead atoms. The second-order valence-corrected chi connectivity index (χ2v) is 8.81. The minimum atomic E-state index is -0.845. The van der Waals surface area contributed by atoms with Crippen LogP contribution in [0.2, 0.25) is 10.0 Å². The zero-order valence-corrected chi connectivity index (χ0v) is 21.1. The Morgan fingerprint density at radius 1 is 1.15 bits per heavy atom. The molecule has 33 heavy (non-hydrogen) atoms. The normalized spacial score (nSPS) is 11.8. The monoisotopic (exact) mass is 557 g/mol. The van der Waals surface area contributed by atoms with E-state index >= 15 is 0 Å². The van der Waals surface area contributed by atoms with Gasteiger partial charge in [-0.15, -0.1) is 0 Å². The van der Waals surface area contributed by atoms with Gasteiger partial charge in [-0.05, 0) is 63.8 Å². The van der Waals surface area contributed by atoms with Crippen molar-refractivity contribution in [1.82, 2.24) is 10.7 Å². The third-order valence-electron chi connectivity index (χ3n) is 4.33. The quantitative estimate of drug-likeness (QED) is 0.272. The molecule has 2 amide bonds. The topological polar surface area (TPSA) is 106 Å². The molecule has 0 aliphatic rings. The van der Waals surface area contributed by atoms with Gasteiger partial charge in [-0.1, -0.05) is 37.0 Å². The second-order valence-electron chi connectivity index (χ2n) is 7.11. The summed E-state index contributed by atoms with van der Waals surface area (Å²) in [5.74, 6) is -1.25. The summed E-state index contributed by atoms with van der Waals surface area (Å²) in [4.78, 5) is 36.4. The Hall–Kier alpha value is -2.62. The molecule has 0 saturated carbocycles. The maximum atomic E-state index is 12.6. The number of hydrogen-bond acceptors (Lipinski definition) is 6. The molecule has 11 heteroatoms. The summed E-state index contributed by atoms with van der Waals surface area (Å²) in [7, 11) is 1.27. The van der Waals surface area contributed by atoms with Crippen LogP contribution in [0.25, 0.3) is 0 Å². The van der Waals surface area contributed by atoms with E-state index in [1.165, 1.54) is 25.5 Å². The molecule has 0 aliphatic carbocycles. The molecule has 0 radical (unpaired) electrons. The van der Waals surface area contributed by atoms with Gasteiger partial charge in [0.2, 0.25) is 0 Å². The molecule has 0 saturated heterocycles. The number of hydrazone groups is 1. The highest BCUT2D eigenvalue weighted by atomic mass is 79.9. The lowest BCUT2D eigenvalue weighted by Crippen LogP contribution is -2.48. The van der Waals surface area contributed by atoms with Crippen LogP contribution in [0, 0.1) is 5.92 Å². The van der Waals surface area contributed by atoms with E-state index in [2.05, 4.69) is 36.5 Å². The van der Waals surface area contributed by atoms with E-state index in [9.17, 15) is 14.4 Å². The van der Waals surface area contributed by atoms with Gasteiger partial charge in [0.05, 0.1) is 28.4 Å². The number of methoxy groups -OCH3 is 1. The zero-order valence-electron chi connectivity index (χ0n) is 18.0. The first-order valence-electron chi connectivity index (χ1n) is 9.70. The first kappa shape index (κ1) is 26.6. The molecule has 1 unspecified atom stereocenters. The summed E-state index contributed by atoms with van der Waals surface area (Å²) in [6, 6.07) is 8.68. The van der Waals surface area contributed by atoms with E-state index < -0.39 is 23.8 Å². The number of rotatable bonds is 9. The Morgan fingerprint density at radius 3 is 2.48 bits per heavy atom. The van der Waals surface area contributed by atoms with E-state index in [-0.39, 0.29) is 23.1 Å². The largest absolute Gasteiger partial charge is 0.481 e. The summed E-state index contributed by atoms with van der Waals surface area (Å²) in [5.41, 5.74) is 3.30. The van der Waals surface area contributed by atoms with Gasteiger partial charge >= 0.3 is 5.97 Å². The third kappa shape index (κ3) is 8.03. The Bertz CT molecular complexity index is 1060. The fourth-order valence-electron chi connectivity index (χ4n) is 2.58. The van der Waals surface area contributed by atoms with Crippen molar-refractivity contribution in [3.05, 3.63) is 62.0 Å². The Morgan fingerprint density at radius 2 is 1.88 bits per heavy atom. The highest BCUT2D eigenvalue weighted by Gasteiger charge is 2.25. The molecule has 0 fully saturated rings. The van der Waals surface area contributed by atoms with Crippen LogP contribution < -0.4 is 15.5 Å². The Balaban J connectivity index is 2.00. The van der Waals surface area contributed by atoms with Crippen LogP contribution in [0.1, 0.15) is 29.8 Å². The second kappa shape index (κ2) is 12.6. The predicted molar refractivity (Wildman–Crippen MR) is 130 cm³/mol. The summed E-state index contributed by atoms with van der Waals surface area (Å²) < 4.78 is 10.5. The fraction of sp³-hybridized carbons (Fsp3) is 0.273. The average Bonchev–Trinajstić information content (AvgIpc) is 2.76. The standard InChI is InChI=1S/C22H22BrCl2N3O5/c1-12(2)20(27-21(30)15-6-5-14(24)9-17(15)25)22(31)28-26-10-13-4-7-18(16(23)8-13)33-11-19(29)32-3/h4-10,12,20H,11H2,1-3H3,(H,27,30)(H,28,31). The van der Waals surface area contributed by atoms with E-state index in [1.54, 1.807) is 38.1 Å². The molecule has 0 aromatic heterocycles. The molecule has 2 aromatic carbocycles. The van der Waals surface area contributed by atoms with Gasteiger partial charge in [0.25, 0.3) is 11.8 Å².